The number of nitrogens with one attached hydrogen (secondary N) is 1. The Morgan fingerprint density at radius 2 is 1.65 bits per heavy atom. The van der Waals surface area contributed by atoms with Crippen LogP contribution in [0.15, 0.2) is 0 Å². The number of amides is 2. The predicted molar refractivity (Wildman–Crippen MR) is 76.9 cm³/mol. The molecule has 1 heterocycles. The Labute approximate surface area is 121 Å². The van der Waals surface area contributed by atoms with Crippen LogP contribution in [0.2, 0.25) is 0 Å². The molecule has 4 heteroatoms. The molecule has 2 aliphatic carbocycles. The van der Waals surface area contributed by atoms with Crippen molar-refractivity contribution in [3.63, 3.8) is 0 Å². The summed E-state index contributed by atoms with van der Waals surface area (Å²) in [6, 6.07) is 0. The zero-order valence-electron chi connectivity index (χ0n) is 13.2. The fourth-order valence-electron chi connectivity index (χ4n) is 4.05. The fourth-order valence-corrected chi connectivity index (χ4v) is 4.05. The van der Waals surface area contributed by atoms with Crippen molar-refractivity contribution >= 4 is 11.8 Å². The summed E-state index contributed by atoms with van der Waals surface area (Å²) in [5.41, 5.74) is -0.160. The molecule has 0 bridgehead atoms. The van der Waals surface area contributed by atoms with Gasteiger partial charge in [0.15, 0.2) is 0 Å². The van der Waals surface area contributed by atoms with Crippen LogP contribution in [0, 0.1) is 22.7 Å². The number of rotatable bonds is 3. The van der Waals surface area contributed by atoms with Gasteiger partial charge >= 0.3 is 0 Å². The number of piperazine rings is 1. The molecule has 1 N–H and O–H groups in total. The molecule has 2 saturated carbocycles. The van der Waals surface area contributed by atoms with E-state index in [-0.39, 0.29) is 29.2 Å². The first-order chi connectivity index (χ1) is 9.10. The first-order valence-electron chi connectivity index (χ1n) is 7.71. The lowest BCUT2D eigenvalue weighted by atomic mass is 9.91. The van der Waals surface area contributed by atoms with E-state index >= 15 is 0 Å². The SMILES string of the molecule is CC1(C2CC2)NC(=O)CN(CC2C(C)(C)C2(C)C)C1=O. The van der Waals surface area contributed by atoms with E-state index in [2.05, 4.69) is 33.0 Å². The molecule has 1 atom stereocenters. The average Bonchev–Trinajstić information content (AvgIpc) is 3.20. The molecule has 0 spiro atoms. The Kier molecular flexibility index (Phi) is 2.62. The third kappa shape index (κ3) is 1.73. The first-order valence-corrected chi connectivity index (χ1v) is 7.71. The number of nitrogens with zero attached hydrogens (tertiary/aromatic N) is 1. The highest BCUT2D eigenvalue weighted by Crippen LogP contribution is 2.68. The summed E-state index contributed by atoms with van der Waals surface area (Å²) in [5.74, 6) is 0.934. The van der Waals surface area contributed by atoms with E-state index in [9.17, 15) is 9.59 Å². The monoisotopic (exact) mass is 278 g/mol. The number of carbonyl (C=O) groups is 2. The topological polar surface area (TPSA) is 49.4 Å². The van der Waals surface area contributed by atoms with Gasteiger partial charge in [-0.3, -0.25) is 9.59 Å². The Morgan fingerprint density at radius 1 is 1.10 bits per heavy atom. The van der Waals surface area contributed by atoms with Gasteiger partial charge in [-0.1, -0.05) is 27.7 Å². The van der Waals surface area contributed by atoms with E-state index in [1.54, 1.807) is 4.90 Å². The summed E-state index contributed by atoms with van der Waals surface area (Å²) < 4.78 is 0. The van der Waals surface area contributed by atoms with E-state index in [0.29, 0.717) is 18.4 Å². The summed E-state index contributed by atoms with van der Waals surface area (Å²) in [7, 11) is 0. The van der Waals surface area contributed by atoms with Crippen molar-refractivity contribution in [1.29, 1.82) is 0 Å². The van der Waals surface area contributed by atoms with Gasteiger partial charge in [-0.2, -0.15) is 0 Å². The standard InChI is InChI=1S/C16H26N2O2/c1-14(2)11(15(14,3)4)8-18-9-12(19)17-16(5,13(18)20)10-6-7-10/h10-11H,6-9H2,1-5H3,(H,17,19). The smallest absolute Gasteiger partial charge is 0.248 e. The van der Waals surface area contributed by atoms with Crippen molar-refractivity contribution in [3.8, 4) is 0 Å². The van der Waals surface area contributed by atoms with Crippen LogP contribution in [0.3, 0.4) is 0 Å². The van der Waals surface area contributed by atoms with Crippen molar-refractivity contribution in [3.05, 3.63) is 0 Å². The molecule has 0 aromatic rings. The minimum Gasteiger partial charge on any atom is -0.340 e. The molecule has 0 radical (unpaired) electrons. The maximum Gasteiger partial charge on any atom is 0.248 e. The van der Waals surface area contributed by atoms with E-state index in [4.69, 9.17) is 0 Å². The van der Waals surface area contributed by atoms with Gasteiger partial charge < -0.3 is 10.2 Å². The lowest BCUT2D eigenvalue weighted by Crippen LogP contribution is -2.66. The molecule has 2 amide bonds. The minimum atomic E-state index is -0.654. The lowest BCUT2D eigenvalue weighted by molar-refractivity contribution is -0.150. The Balaban J connectivity index is 1.77. The van der Waals surface area contributed by atoms with Crippen molar-refractivity contribution < 1.29 is 9.59 Å². The van der Waals surface area contributed by atoms with Crippen LogP contribution in [0.1, 0.15) is 47.5 Å². The predicted octanol–water partition coefficient (Wildman–Crippen LogP) is 1.80. The molecule has 112 valence electrons. The molecule has 1 saturated heterocycles. The summed E-state index contributed by atoms with van der Waals surface area (Å²) in [6.45, 7) is 11.9. The Morgan fingerprint density at radius 3 is 2.10 bits per heavy atom. The fraction of sp³-hybridized carbons (Fsp3) is 0.875. The summed E-state index contributed by atoms with van der Waals surface area (Å²) in [6.07, 6.45) is 2.10. The van der Waals surface area contributed by atoms with E-state index < -0.39 is 5.54 Å². The van der Waals surface area contributed by atoms with Crippen molar-refractivity contribution in [2.45, 2.75) is 53.0 Å². The molecule has 3 fully saturated rings. The van der Waals surface area contributed by atoms with Gasteiger partial charge in [-0.25, -0.2) is 0 Å². The summed E-state index contributed by atoms with van der Waals surface area (Å²) in [4.78, 5) is 26.6. The van der Waals surface area contributed by atoms with Gasteiger partial charge in [-0.05, 0) is 42.4 Å². The molecule has 3 aliphatic rings. The lowest BCUT2D eigenvalue weighted by Gasteiger charge is -2.40. The van der Waals surface area contributed by atoms with Gasteiger partial charge in [0.05, 0.1) is 6.54 Å². The third-order valence-corrected chi connectivity index (χ3v) is 6.58. The maximum atomic E-state index is 12.8. The first kappa shape index (κ1) is 13.9. The van der Waals surface area contributed by atoms with Gasteiger partial charge in [0.25, 0.3) is 0 Å². The Bertz CT molecular complexity index is 465. The van der Waals surface area contributed by atoms with Crippen LogP contribution in [0.5, 0.6) is 0 Å². The summed E-state index contributed by atoms with van der Waals surface area (Å²) >= 11 is 0. The van der Waals surface area contributed by atoms with Crippen LogP contribution < -0.4 is 5.32 Å². The largest absolute Gasteiger partial charge is 0.340 e. The molecular weight excluding hydrogens is 252 g/mol. The Hall–Kier alpha value is -1.06. The zero-order valence-corrected chi connectivity index (χ0v) is 13.2. The van der Waals surface area contributed by atoms with E-state index in [1.807, 2.05) is 6.92 Å². The zero-order chi connectivity index (χ0) is 14.9. The van der Waals surface area contributed by atoms with Crippen molar-refractivity contribution in [2.24, 2.45) is 22.7 Å². The quantitative estimate of drug-likeness (QED) is 0.855. The minimum absolute atomic E-state index is 0.00439. The van der Waals surface area contributed by atoms with Crippen LogP contribution in [-0.4, -0.2) is 35.3 Å². The molecule has 0 aromatic carbocycles. The van der Waals surface area contributed by atoms with Crippen LogP contribution in [0.25, 0.3) is 0 Å². The van der Waals surface area contributed by atoms with Crippen LogP contribution in [0.4, 0.5) is 0 Å². The highest BCUT2D eigenvalue weighted by atomic mass is 16.2. The number of hydrogen-bond acceptors (Lipinski definition) is 2. The average molecular weight is 278 g/mol. The highest BCUT2D eigenvalue weighted by Gasteiger charge is 2.65. The molecule has 1 aliphatic heterocycles. The van der Waals surface area contributed by atoms with Gasteiger partial charge in [0.2, 0.25) is 11.8 Å². The molecule has 3 rings (SSSR count). The van der Waals surface area contributed by atoms with Gasteiger partial charge in [-0.15, -0.1) is 0 Å². The molecule has 4 nitrogen and oxygen atoms in total. The maximum absolute atomic E-state index is 12.8. The van der Waals surface area contributed by atoms with E-state index in [1.165, 1.54) is 0 Å². The molecular formula is C16H26N2O2. The summed E-state index contributed by atoms with van der Waals surface area (Å²) in [5, 5.41) is 2.94. The number of carbonyl (C=O) groups excluding carboxylic acids is 2. The van der Waals surface area contributed by atoms with Crippen LogP contribution in [-0.2, 0) is 9.59 Å². The van der Waals surface area contributed by atoms with Crippen molar-refractivity contribution in [2.75, 3.05) is 13.1 Å². The van der Waals surface area contributed by atoms with Gasteiger partial charge in [0, 0.05) is 6.54 Å². The second kappa shape index (κ2) is 3.77. The second-order valence-electron chi connectivity index (χ2n) is 8.21. The third-order valence-electron chi connectivity index (χ3n) is 6.58. The van der Waals surface area contributed by atoms with E-state index in [0.717, 1.165) is 12.8 Å². The van der Waals surface area contributed by atoms with Gasteiger partial charge in [0.1, 0.15) is 5.54 Å². The van der Waals surface area contributed by atoms with Crippen LogP contribution >= 0.6 is 0 Å². The second-order valence-corrected chi connectivity index (χ2v) is 8.21. The normalized spacial score (nSPS) is 36.0. The molecule has 0 aromatic heterocycles. The highest BCUT2D eigenvalue weighted by molar-refractivity contribution is 5.98. The number of hydrogen-bond donors (Lipinski definition) is 1. The molecule has 1 unspecified atom stereocenters. The molecule has 20 heavy (non-hydrogen) atoms. The van der Waals surface area contributed by atoms with Crippen molar-refractivity contribution in [1.82, 2.24) is 10.2 Å².